The zero-order chi connectivity index (χ0) is 19.3. The van der Waals surface area contributed by atoms with Crippen LogP contribution in [0.3, 0.4) is 0 Å². The van der Waals surface area contributed by atoms with Gasteiger partial charge in [-0.3, -0.25) is 0 Å². The Hall–Kier alpha value is -3.10. The number of nitrogens with zero attached hydrogens (tertiary/aromatic N) is 1. The molecule has 138 valence electrons. The van der Waals surface area contributed by atoms with Crippen molar-refractivity contribution < 1.29 is 0 Å². The minimum atomic E-state index is -0.0176. The average molecular weight is 390 g/mol. The van der Waals surface area contributed by atoms with Crippen LogP contribution in [-0.2, 0) is 5.41 Å². The quantitative estimate of drug-likeness (QED) is 0.250. The van der Waals surface area contributed by atoms with E-state index in [4.69, 9.17) is 0 Å². The second-order valence-corrected chi connectivity index (χ2v) is 9.69. The number of thiophene rings is 1. The Balaban J connectivity index is 1.83. The lowest BCUT2D eigenvalue weighted by Crippen LogP contribution is -2.26. The van der Waals surface area contributed by atoms with Crippen molar-refractivity contribution in [3.05, 3.63) is 90.0 Å². The molecule has 0 fully saturated rings. The summed E-state index contributed by atoms with van der Waals surface area (Å²) in [4.78, 5) is 0. The third-order valence-electron chi connectivity index (χ3n) is 6.78. The number of hydrogen-bond acceptors (Lipinski definition) is 1. The van der Waals surface area contributed by atoms with Gasteiger partial charge in [0.05, 0.1) is 16.7 Å². The number of para-hydroxylation sites is 2. The maximum Gasteiger partial charge on any atom is 0.0582 e. The van der Waals surface area contributed by atoms with Crippen LogP contribution in [0.1, 0.15) is 25.0 Å². The van der Waals surface area contributed by atoms with Crippen molar-refractivity contribution in [1.29, 1.82) is 0 Å². The molecule has 0 unspecified atom stereocenters. The highest BCUT2D eigenvalue weighted by molar-refractivity contribution is 7.26. The highest BCUT2D eigenvalue weighted by Gasteiger charge is 2.35. The van der Waals surface area contributed by atoms with Crippen LogP contribution in [0, 0.1) is 0 Å². The molecule has 0 saturated carbocycles. The molecule has 1 aliphatic rings. The molecule has 0 N–H and O–H groups in total. The summed E-state index contributed by atoms with van der Waals surface area (Å²) < 4.78 is 5.24. The highest BCUT2D eigenvalue weighted by Crippen LogP contribution is 2.50. The Morgan fingerprint density at radius 2 is 1.41 bits per heavy atom. The molecule has 2 aromatic heterocycles. The van der Waals surface area contributed by atoms with Gasteiger partial charge in [0.25, 0.3) is 0 Å². The fourth-order valence-electron chi connectivity index (χ4n) is 5.47. The van der Waals surface area contributed by atoms with Gasteiger partial charge in [-0.2, -0.15) is 0 Å². The van der Waals surface area contributed by atoms with Crippen molar-refractivity contribution in [2.75, 3.05) is 0 Å². The maximum atomic E-state index is 2.51. The van der Waals surface area contributed by atoms with Crippen molar-refractivity contribution in [2.24, 2.45) is 0 Å². The second-order valence-electron chi connectivity index (χ2n) is 8.61. The molecule has 7 rings (SSSR count). The van der Waals surface area contributed by atoms with Gasteiger partial charge in [-0.25, -0.2) is 0 Å². The Labute approximate surface area is 172 Å². The van der Waals surface area contributed by atoms with E-state index in [0.29, 0.717) is 0 Å². The largest absolute Gasteiger partial charge is 0.309 e. The van der Waals surface area contributed by atoms with Gasteiger partial charge >= 0.3 is 0 Å². The zero-order valence-electron chi connectivity index (χ0n) is 16.4. The summed E-state index contributed by atoms with van der Waals surface area (Å²) in [6.45, 7) is 4.72. The highest BCUT2D eigenvalue weighted by atomic mass is 32.1. The van der Waals surface area contributed by atoms with Crippen molar-refractivity contribution in [2.45, 2.75) is 19.3 Å². The minimum absolute atomic E-state index is 0.0176. The molecule has 3 heterocycles. The molecule has 0 bridgehead atoms. The summed E-state index contributed by atoms with van der Waals surface area (Å²) in [5.41, 5.74) is 6.79. The van der Waals surface area contributed by atoms with Crippen LogP contribution in [-0.4, -0.2) is 4.57 Å². The van der Waals surface area contributed by atoms with Gasteiger partial charge in [-0.1, -0.05) is 68.4 Å². The molecule has 0 saturated heterocycles. The van der Waals surface area contributed by atoms with Gasteiger partial charge in [0, 0.05) is 36.4 Å². The predicted octanol–water partition coefficient (Wildman–Crippen LogP) is 7.79. The lowest BCUT2D eigenvalue weighted by Gasteiger charge is -2.34. The first-order chi connectivity index (χ1) is 14.2. The predicted molar refractivity (Wildman–Crippen MR) is 126 cm³/mol. The van der Waals surface area contributed by atoms with Crippen LogP contribution in [0.2, 0.25) is 0 Å². The van der Waals surface area contributed by atoms with Gasteiger partial charge in [0.15, 0.2) is 0 Å². The number of aromatic nitrogens is 1. The fourth-order valence-corrected chi connectivity index (χ4v) is 6.58. The van der Waals surface area contributed by atoms with E-state index in [1.54, 1.807) is 0 Å². The van der Waals surface area contributed by atoms with E-state index in [1.807, 2.05) is 11.3 Å². The van der Waals surface area contributed by atoms with Crippen LogP contribution in [0.15, 0.2) is 78.9 Å². The van der Waals surface area contributed by atoms with Crippen LogP contribution in [0.4, 0.5) is 0 Å². The van der Waals surface area contributed by atoms with Crippen LogP contribution >= 0.6 is 11.3 Å². The Morgan fingerprint density at radius 3 is 2.34 bits per heavy atom. The fraction of sp³-hybridized carbons (Fsp3) is 0.111. The lowest BCUT2D eigenvalue weighted by molar-refractivity contribution is 0.630. The number of fused-ring (bicyclic) bond motifs is 9. The zero-order valence-corrected chi connectivity index (χ0v) is 17.2. The normalized spacial score (nSPS) is 14.8. The molecule has 1 aliphatic heterocycles. The Bertz CT molecular complexity index is 1630. The van der Waals surface area contributed by atoms with Crippen LogP contribution in [0.5, 0.6) is 0 Å². The van der Waals surface area contributed by atoms with E-state index in [0.717, 1.165) is 0 Å². The first-order valence-corrected chi connectivity index (χ1v) is 11.0. The Kier molecular flexibility index (Phi) is 2.77. The summed E-state index contributed by atoms with van der Waals surface area (Å²) in [5, 5.41) is 5.54. The molecule has 4 aromatic carbocycles. The van der Waals surface area contributed by atoms with Crippen LogP contribution in [0.25, 0.3) is 47.7 Å². The van der Waals surface area contributed by atoms with Gasteiger partial charge in [-0.05, 0) is 35.4 Å². The van der Waals surface area contributed by atoms with E-state index < -0.39 is 0 Å². The second kappa shape index (κ2) is 5.08. The SMILES string of the molecule is CC1(C)c2ccccc2-n2c3ccc4sc5ccccc5c4c3c3cccc1c32. The third-order valence-corrected chi connectivity index (χ3v) is 7.92. The Morgan fingerprint density at radius 1 is 0.655 bits per heavy atom. The maximum absolute atomic E-state index is 2.51. The minimum Gasteiger partial charge on any atom is -0.309 e. The van der Waals surface area contributed by atoms with Gasteiger partial charge in [-0.15, -0.1) is 11.3 Å². The van der Waals surface area contributed by atoms with E-state index in [9.17, 15) is 0 Å². The molecule has 0 spiro atoms. The van der Waals surface area contributed by atoms with Crippen molar-refractivity contribution in [3.8, 4) is 5.69 Å². The average Bonchev–Trinajstić information content (AvgIpc) is 3.28. The molecule has 0 amide bonds. The molecule has 0 aliphatic carbocycles. The van der Waals surface area contributed by atoms with Gasteiger partial charge < -0.3 is 4.57 Å². The molecular formula is C27H19NS. The first-order valence-electron chi connectivity index (χ1n) is 10.1. The molecule has 2 heteroatoms. The van der Waals surface area contributed by atoms with Crippen LogP contribution < -0.4 is 0 Å². The van der Waals surface area contributed by atoms with E-state index in [1.165, 1.54) is 58.8 Å². The molecule has 1 nitrogen and oxygen atoms in total. The summed E-state index contributed by atoms with van der Waals surface area (Å²) in [5.74, 6) is 0. The van der Waals surface area contributed by atoms with Gasteiger partial charge in [0.2, 0.25) is 0 Å². The van der Waals surface area contributed by atoms with Crippen molar-refractivity contribution in [1.82, 2.24) is 4.57 Å². The topological polar surface area (TPSA) is 4.93 Å². The lowest BCUT2D eigenvalue weighted by atomic mass is 9.75. The molecular weight excluding hydrogens is 370 g/mol. The monoisotopic (exact) mass is 389 g/mol. The smallest absolute Gasteiger partial charge is 0.0582 e. The van der Waals surface area contributed by atoms with Crippen molar-refractivity contribution >= 4 is 53.3 Å². The summed E-state index contributed by atoms with van der Waals surface area (Å²) in [7, 11) is 0. The summed E-state index contributed by atoms with van der Waals surface area (Å²) in [6.07, 6.45) is 0. The molecule has 6 aromatic rings. The number of benzene rings is 4. The summed E-state index contributed by atoms with van der Waals surface area (Å²) >= 11 is 1.90. The van der Waals surface area contributed by atoms with E-state index >= 15 is 0 Å². The summed E-state index contributed by atoms with van der Waals surface area (Å²) in [6, 6.07) is 29.2. The molecule has 0 radical (unpaired) electrons. The number of rotatable bonds is 0. The van der Waals surface area contributed by atoms with Crippen molar-refractivity contribution in [3.63, 3.8) is 0 Å². The third kappa shape index (κ3) is 1.77. The van der Waals surface area contributed by atoms with Gasteiger partial charge in [0.1, 0.15) is 0 Å². The standard InChI is InChI=1S/C27H19NS/c1-27(2)18-10-4-5-12-20(18)28-21-14-15-23-25(16-8-3-6-13-22(16)29-23)24(21)17-9-7-11-19(27)26(17)28/h3-15H,1-2H3. The van der Waals surface area contributed by atoms with E-state index in [2.05, 4.69) is 97.3 Å². The molecule has 0 atom stereocenters. The first kappa shape index (κ1) is 15.8. The number of hydrogen-bond donors (Lipinski definition) is 0. The van der Waals surface area contributed by atoms with E-state index in [-0.39, 0.29) is 5.41 Å². The molecule has 29 heavy (non-hydrogen) atoms.